The van der Waals surface area contributed by atoms with Gasteiger partial charge in [0.1, 0.15) is 12.3 Å². The number of tetrazole rings is 1. The summed E-state index contributed by atoms with van der Waals surface area (Å²) in [6.07, 6.45) is 0. The average Bonchev–Trinajstić information content (AvgIpc) is 3.10. The second kappa shape index (κ2) is 7.83. The smallest absolute Gasteiger partial charge is 0.248 e. The number of aromatic nitrogens is 4. The zero-order valence-electron chi connectivity index (χ0n) is 14.2. The molecule has 0 radical (unpaired) electrons. The molecule has 0 aliphatic rings. The molecule has 3 N–H and O–H groups in total. The molecule has 1 heterocycles. The number of nitrogens with one attached hydrogen (secondary N) is 1. The van der Waals surface area contributed by atoms with Crippen molar-refractivity contribution in [1.29, 1.82) is 0 Å². The van der Waals surface area contributed by atoms with Gasteiger partial charge in [0, 0.05) is 16.1 Å². The van der Waals surface area contributed by atoms with Crippen LogP contribution in [0.5, 0.6) is 5.75 Å². The second-order valence-corrected chi connectivity index (χ2v) is 5.91. The molecule has 3 rings (SSSR count). The number of rotatable bonds is 6. The van der Waals surface area contributed by atoms with Crippen LogP contribution in [0, 0.1) is 0 Å². The van der Waals surface area contributed by atoms with Crippen molar-refractivity contribution in [2.24, 2.45) is 5.73 Å². The molecule has 0 spiro atoms. The van der Waals surface area contributed by atoms with Crippen LogP contribution in [0.25, 0.3) is 11.4 Å². The van der Waals surface area contributed by atoms with Crippen LogP contribution < -0.4 is 15.8 Å². The van der Waals surface area contributed by atoms with Crippen molar-refractivity contribution in [3.8, 4) is 17.1 Å². The maximum Gasteiger partial charge on any atom is 0.248 e. The predicted molar refractivity (Wildman–Crippen MR) is 98.4 cm³/mol. The first-order valence-electron chi connectivity index (χ1n) is 7.77. The highest BCUT2D eigenvalue weighted by Crippen LogP contribution is 2.27. The van der Waals surface area contributed by atoms with E-state index >= 15 is 0 Å². The highest BCUT2D eigenvalue weighted by molar-refractivity contribution is 6.31. The van der Waals surface area contributed by atoms with Crippen molar-refractivity contribution in [1.82, 2.24) is 20.2 Å². The molecule has 0 saturated heterocycles. The summed E-state index contributed by atoms with van der Waals surface area (Å²) >= 11 is 5.94. The maximum absolute atomic E-state index is 12.2. The molecule has 0 aliphatic carbocycles. The Kier molecular flexibility index (Phi) is 5.32. The lowest BCUT2D eigenvalue weighted by Crippen LogP contribution is -2.20. The summed E-state index contributed by atoms with van der Waals surface area (Å²) in [5, 5.41) is 15.1. The standard InChI is InChI=1S/C17H15ClN6O3/c1-27-14-7-6-12(18)8-13(14)20-15(25)9-24-22-17(21-23-24)11-4-2-10(3-5-11)16(19)26/h2-8H,9H2,1H3,(H2,19,26)(H,20,25). The van der Waals surface area contributed by atoms with Crippen molar-refractivity contribution in [3.63, 3.8) is 0 Å². The highest BCUT2D eigenvalue weighted by atomic mass is 35.5. The number of benzene rings is 2. The van der Waals surface area contributed by atoms with Crippen molar-refractivity contribution in [2.75, 3.05) is 12.4 Å². The fraction of sp³-hybridized carbons (Fsp3) is 0.118. The van der Waals surface area contributed by atoms with Crippen LogP contribution in [-0.4, -0.2) is 39.1 Å². The van der Waals surface area contributed by atoms with Gasteiger partial charge in [0.05, 0.1) is 12.8 Å². The van der Waals surface area contributed by atoms with Gasteiger partial charge in [-0.2, -0.15) is 4.80 Å². The van der Waals surface area contributed by atoms with Crippen LogP contribution in [0.3, 0.4) is 0 Å². The van der Waals surface area contributed by atoms with Crippen molar-refractivity contribution in [3.05, 3.63) is 53.1 Å². The van der Waals surface area contributed by atoms with Gasteiger partial charge in [-0.25, -0.2) is 0 Å². The Balaban J connectivity index is 1.69. The average molecular weight is 387 g/mol. The minimum Gasteiger partial charge on any atom is -0.495 e. The van der Waals surface area contributed by atoms with Gasteiger partial charge in [0.15, 0.2) is 0 Å². The minimum absolute atomic E-state index is 0.151. The molecule has 27 heavy (non-hydrogen) atoms. The molecule has 9 nitrogen and oxygen atoms in total. The zero-order chi connectivity index (χ0) is 19.4. The Labute approximate surface area is 159 Å². The molecule has 0 saturated carbocycles. The molecule has 3 aromatic rings. The molecule has 0 aliphatic heterocycles. The molecule has 0 fully saturated rings. The lowest BCUT2D eigenvalue weighted by atomic mass is 10.1. The van der Waals surface area contributed by atoms with E-state index in [0.717, 1.165) is 4.80 Å². The van der Waals surface area contributed by atoms with Crippen molar-refractivity contribution in [2.45, 2.75) is 6.54 Å². The lowest BCUT2D eigenvalue weighted by Gasteiger charge is -2.10. The number of nitrogens with zero attached hydrogens (tertiary/aromatic N) is 4. The van der Waals surface area contributed by atoms with Gasteiger partial charge in [-0.05, 0) is 35.5 Å². The van der Waals surface area contributed by atoms with Crippen LogP contribution in [0.15, 0.2) is 42.5 Å². The van der Waals surface area contributed by atoms with Gasteiger partial charge in [0.25, 0.3) is 0 Å². The summed E-state index contributed by atoms with van der Waals surface area (Å²) in [6.45, 7) is -0.151. The summed E-state index contributed by atoms with van der Waals surface area (Å²) < 4.78 is 5.18. The molecular weight excluding hydrogens is 372 g/mol. The maximum atomic E-state index is 12.2. The Morgan fingerprint density at radius 1 is 1.22 bits per heavy atom. The molecular formula is C17H15ClN6O3. The fourth-order valence-electron chi connectivity index (χ4n) is 2.31. The van der Waals surface area contributed by atoms with E-state index in [1.807, 2.05) is 0 Å². The Hall–Kier alpha value is -3.46. The number of amides is 2. The van der Waals surface area contributed by atoms with Crippen molar-refractivity contribution >= 4 is 29.1 Å². The molecule has 0 bridgehead atoms. The highest BCUT2D eigenvalue weighted by Gasteiger charge is 2.12. The number of ether oxygens (including phenoxy) is 1. The molecule has 1 aromatic heterocycles. The molecule has 0 atom stereocenters. The van der Waals surface area contributed by atoms with Crippen LogP contribution in [0.4, 0.5) is 5.69 Å². The van der Waals surface area contributed by atoms with E-state index in [9.17, 15) is 9.59 Å². The number of primary amides is 1. The first kappa shape index (κ1) is 18.3. The van der Waals surface area contributed by atoms with E-state index in [1.165, 1.54) is 7.11 Å². The predicted octanol–water partition coefficient (Wildman–Crippen LogP) is 1.74. The molecule has 0 unspecified atom stereocenters. The minimum atomic E-state index is -0.522. The summed E-state index contributed by atoms with van der Waals surface area (Å²) in [6, 6.07) is 11.3. The number of hydrogen-bond acceptors (Lipinski definition) is 6. The van der Waals surface area contributed by atoms with E-state index in [0.29, 0.717) is 33.4 Å². The van der Waals surface area contributed by atoms with Gasteiger partial charge < -0.3 is 15.8 Å². The molecule has 2 amide bonds. The Bertz CT molecular complexity index is 987. The van der Waals surface area contributed by atoms with E-state index in [4.69, 9.17) is 22.1 Å². The van der Waals surface area contributed by atoms with Gasteiger partial charge in [0.2, 0.25) is 17.6 Å². The Morgan fingerprint density at radius 3 is 2.63 bits per heavy atom. The quantitative estimate of drug-likeness (QED) is 0.664. The number of anilines is 1. The molecule has 2 aromatic carbocycles. The summed E-state index contributed by atoms with van der Waals surface area (Å²) in [7, 11) is 1.49. The van der Waals surface area contributed by atoms with Crippen LogP contribution >= 0.6 is 11.6 Å². The van der Waals surface area contributed by atoms with Crippen molar-refractivity contribution < 1.29 is 14.3 Å². The lowest BCUT2D eigenvalue weighted by molar-refractivity contribution is -0.117. The van der Waals surface area contributed by atoms with Gasteiger partial charge in [-0.1, -0.05) is 23.7 Å². The number of carbonyl (C=O) groups excluding carboxylic acids is 2. The van der Waals surface area contributed by atoms with E-state index < -0.39 is 5.91 Å². The number of hydrogen-bond donors (Lipinski definition) is 2. The third-order valence-electron chi connectivity index (χ3n) is 3.60. The van der Waals surface area contributed by atoms with Crippen LogP contribution in [0.1, 0.15) is 10.4 Å². The second-order valence-electron chi connectivity index (χ2n) is 5.48. The molecule has 10 heteroatoms. The Morgan fingerprint density at radius 2 is 1.96 bits per heavy atom. The number of carbonyl (C=O) groups is 2. The third kappa shape index (κ3) is 4.39. The topological polar surface area (TPSA) is 125 Å². The largest absolute Gasteiger partial charge is 0.495 e. The number of nitrogens with two attached hydrogens (primary N) is 1. The van der Waals surface area contributed by atoms with Crippen LogP contribution in [-0.2, 0) is 11.3 Å². The summed E-state index contributed by atoms with van der Waals surface area (Å²) in [4.78, 5) is 24.5. The molecule has 138 valence electrons. The first-order chi connectivity index (χ1) is 13.0. The zero-order valence-corrected chi connectivity index (χ0v) is 15.0. The van der Waals surface area contributed by atoms with Gasteiger partial charge in [-0.15, -0.1) is 10.2 Å². The number of methoxy groups -OCH3 is 1. The SMILES string of the molecule is COc1ccc(Cl)cc1NC(=O)Cn1nnc(-c2ccc(C(N)=O)cc2)n1. The fourth-order valence-corrected chi connectivity index (χ4v) is 2.48. The van der Waals surface area contributed by atoms with E-state index in [-0.39, 0.29) is 12.5 Å². The third-order valence-corrected chi connectivity index (χ3v) is 3.84. The van der Waals surface area contributed by atoms with Gasteiger partial charge >= 0.3 is 0 Å². The van der Waals surface area contributed by atoms with Gasteiger partial charge in [-0.3, -0.25) is 9.59 Å². The normalized spacial score (nSPS) is 10.4. The summed E-state index contributed by atoms with van der Waals surface area (Å²) in [5.41, 5.74) is 6.67. The summed E-state index contributed by atoms with van der Waals surface area (Å²) in [5.74, 6) is -0.0939. The van der Waals surface area contributed by atoms with E-state index in [1.54, 1.807) is 42.5 Å². The van der Waals surface area contributed by atoms with Crippen LogP contribution in [0.2, 0.25) is 5.02 Å². The number of halogens is 1. The monoisotopic (exact) mass is 386 g/mol. The van der Waals surface area contributed by atoms with E-state index in [2.05, 4.69) is 20.7 Å². The first-order valence-corrected chi connectivity index (χ1v) is 8.15.